The van der Waals surface area contributed by atoms with Gasteiger partial charge in [-0.2, -0.15) is 0 Å². The van der Waals surface area contributed by atoms with Gasteiger partial charge in [0.25, 0.3) is 5.91 Å². The molecule has 1 amide bonds. The van der Waals surface area contributed by atoms with Gasteiger partial charge in [0.05, 0.1) is 0 Å². The van der Waals surface area contributed by atoms with Crippen molar-refractivity contribution in [2.45, 2.75) is 6.54 Å². The number of fused-ring (bicyclic) bond motifs is 1. The van der Waals surface area contributed by atoms with E-state index in [0.717, 1.165) is 44.2 Å². The van der Waals surface area contributed by atoms with Gasteiger partial charge in [-0.05, 0) is 58.0 Å². The molecule has 2 aromatic rings. The van der Waals surface area contributed by atoms with Crippen molar-refractivity contribution in [3.8, 4) is 11.5 Å². The zero-order chi connectivity index (χ0) is 18.8. The highest BCUT2D eigenvalue weighted by Crippen LogP contribution is 2.32. The van der Waals surface area contributed by atoms with Crippen LogP contribution in [-0.2, 0) is 6.54 Å². The van der Waals surface area contributed by atoms with Crippen molar-refractivity contribution < 1.29 is 18.7 Å². The first-order valence-electron chi connectivity index (χ1n) is 8.55. The van der Waals surface area contributed by atoms with Gasteiger partial charge >= 0.3 is 0 Å². The van der Waals surface area contributed by atoms with Crippen LogP contribution in [0.25, 0.3) is 0 Å². The third-order valence-electron chi connectivity index (χ3n) is 4.52. The fourth-order valence-corrected chi connectivity index (χ4v) is 3.66. The first-order valence-corrected chi connectivity index (χ1v) is 9.75. The van der Waals surface area contributed by atoms with Crippen LogP contribution >= 0.6 is 28.1 Å². The molecule has 3 heterocycles. The summed E-state index contributed by atoms with van der Waals surface area (Å²) >= 11 is 8.55. The summed E-state index contributed by atoms with van der Waals surface area (Å²) in [5.41, 5.74) is 1.19. The monoisotopic (exact) mass is 451 g/mol. The standard InChI is InChI=1S/C18H18BrN3O4S/c19-16-4-3-14(26-16)17(23)20-18(27)22-7-5-21(6-8-22)10-12-1-2-13-15(9-12)25-11-24-13/h1-4,9H,5-8,10-11H2,(H,20,23,27). The Morgan fingerprint density at radius 1 is 1.11 bits per heavy atom. The van der Waals surface area contributed by atoms with Crippen LogP contribution in [0.3, 0.4) is 0 Å². The molecular formula is C18H18BrN3O4S. The molecule has 1 aromatic heterocycles. The van der Waals surface area contributed by atoms with E-state index >= 15 is 0 Å². The number of carbonyl (C=O) groups is 1. The van der Waals surface area contributed by atoms with Gasteiger partial charge in [0.1, 0.15) is 0 Å². The first-order chi connectivity index (χ1) is 13.1. The average Bonchev–Trinajstić information content (AvgIpc) is 3.30. The summed E-state index contributed by atoms with van der Waals surface area (Å²) in [5, 5.41) is 3.15. The molecule has 1 saturated heterocycles. The van der Waals surface area contributed by atoms with Crippen molar-refractivity contribution in [2.75, 3.05) is 33.0 Å². The molecule has 1 N–H and O–H groups in total. The number of amides is 1. The average molecular weight is 452 g/mol. The van der Waals surface area contributed by atoms with Gasteiger partial charge < -0.3 is 18.8 Å². The number of rotatable bonds is 3. The minimum atomic E-state index is -0.339. The molecule has 2 aliphatic heterocycles. The largest absolute Gasteiger partial charge is 0.454 e. The summed E-state index contributed by atoms with van der Waals surface area (Å²) in [6, 6.07) is 9.32. The lowest BCUT2D eigenvalue weighted by molar-refractivity contribution is 0.0941. The second-order valence-electron chi connectivity index (χ2n) is 6.31. The summed E-state index contributed by atoms with van der Waals surface area (Å²) in [6.07, 6.45) is 0. The highest BCUT2D eigenvalue weighted by molar-refractivity contribution is 9.10. The molecule has 27 heavy (non-hydrogen) atoms. The summed E-state index contributed by atoms with van der Waals surface area (Å²) in [6.45, 7) is 4.35. The highest BCUT2D eigenvalue weighted by Gasteiger charge is 2.22. The molecule has 7 nitrogen and oxygen atoms in total. The number of hydrogen-bond acceptors (Lipinski definition) is 6. The molecule has 142 valence electrons. The molecule has 0 radical (unpaired) electrons. The van der Waals surface area contributed by atoms with Crippen LogP contribution in [0.15, 0.2) is 39.4 Å². The summed E-state index contributed by atoms with van der Waals surface area (Å²) < 4.78 is 16.5. The van der Waals surface area contributed by atoms with E-state index < -0.39 is 0 Å². The first kappa shape index (κ1) is 18.3. The number of nitrogens with zero attached hydrogens (tertiary/aromatic N) is 2. The Bertz CT molecular complexity index is 864. The zero-order valence-electron chi connectivity index (χ0n) is 14.4. The van der Waals surface area contributed by atoms with E-state index in [1.165, 1.54) is 5.56 Å². The normalized spacial score (nSPS) is 16.4. The Morgan fingerprint density at radius 3 is 2.63 bits per heavy atom. The maximum Gasteiger partial charge on any atom is 0.293 e. The van der Waals surface area contributed by atoms with E-state index in [9.17, 15) is 4.79 Å². The Balaban J connectivity index is 1.27. The van der Waals surface area contributed by atoms with Crippen LogP contribution in [-0.4, -0.2) is 53.8 Å². The summed E-state index contributed by atoms with van der Waals surface area (Å²) in [4.78, 5) is 16.5. The Kier molecular flexibility index (Phi) is 5.33. The number of halogens is 1. The molecule has 4 rings (SSSR count). The predicted molar refractivity (Wildman–Crippen MR) is 106 cm³/mol. The lowest BCUT2D eigenvalue weighted by Crippen LogP contribution is -2.52. The number of thiocarbonyl (C=S) groups is 1. The highest BCUT2D eigenvalue weighted by atomic mass is 79.9. The number of nitrogens with one attached hydrogen (secondary N) is 1. The van der Waals surface area contributed by atoms with Gasteiger partial charge in [-0.3, -0.25) is 15.0 Å². The predicted octanol–water partition coefficient (Wildman–Crippen LogP) is 2.60. The van der Waals surface area contributed by atoms with E-state index in [1.807, 2.05) is 17.0 Å². The Morgan fingerprint density at radius 2 is 1.89 bits per heavy atom. The van der Waals surface area contributed by atoms with Crippen molar-refractivity contribution in [1.29, 1.82) is 0 Å². The number of ether oxygens (including phenoxy) is 2. The van der Waals surface area contributed by atoms with Crippen LogP contribution in [0.1, 0.15) is 16.1 Å². The summed E-state index contributed by atoms with van der Waals surface area (Å²) in [7, 11) is 0. The minimum Gasteiger partial charge on any atom is -0.454 e. The van der Waals surface area contributed by atoms with Crippen LogP contribution in [0.5, 0.6) is 11.5 Å². The third kappa shape index (κ3) is 4.26. The lowest BCUT2D eigenvalue weighted by Gasteiger charge is -2.36. The molecule has 0 bridgehead atoms. The van der Waals surface area contributed by atoms with Crippen LogP contribution in [0.2, 0.25) is 0 Å². The van der Waals surface area contributed by atoms with E-state index in [1.54, 1.807) is 12.1 Å². The van der Waals surface area contributed by atoms with Crippen molar-refractivity contribution in [1.82, 2.24) is 15.1 Å². The second kappa shape index (κ2) is 7.87. The fraction of sp³-hybridized carbons (Fsp3) is 0.333. The van der Waals surface area contributed by atoms with E-state index in [2.05, 4.69) is 32.2 Å². The number of hydrogen-bond donors (Lipinski definition) is 1. The van der Waals surface area contributed by atoms with E-state index in [0.29, 0.717) is 9.78 Å². The van der Waals surface area contributed by atoms with Gasteiger partial charge in [0.15, 0.2) is 27.0 Å². The van der Waals surface area contributed by atoms with Gasteiger partial charge in [-0.1, -0.05) is 6.07 Å². The molecule has 1 aromatic carbocycles. The molecule has 0 aliphatic carbocycles. The molecule has 0 unspecified atom stereocenters. The van der Waals surface area contributed by atoms with E-state index in [4.69, 9.17) is 26.1 Å². The van der Waals surface area contributed by atoms with Crippen LogP contribution in [0, 0.1) is 0 Å². The third-order valence-corrected chi connectivity index (χ3v) is 5.31. The SMILES string of the molecule is O=C(NC(=S)N1CCN(Cc2ccc3c(c2)OCO3)CC1)c1ccc(Br)o1. The van der Waals surface area contributed by atoms with E-state index in [-0.39, 0.29) is 18.5 Å². The van der Waals surface area contributed by atoms with Crippen LogP contribution < -0.4 is 14.8 Å². The maximum atomic E-state index is 12.1. The number of furan rings is 1. The summed E-state index contributed by atoms with van der Waals surface area (Å²) in [5.74, 6) is 1.49. The van der Waals surface area contributed by atoms with Crippen molar-refractivity contribution in [3.63, 3.8) is 0 Å². The molecule has 9 heteroatoms. The quantitative estimate of drug-likeness (QED) is 0.719. The molecule has 1 fully saturated rings. The molecule has 0 saturated carbocycles. The molecular weight excluding hydrogens is 434 g/mol. The minimum absolute atomic E-state index is 0.227. The maximum absolute atomic E-state index is 12.1. The van der Waals surface area contributed by atoms with Crippen molar-refractivity contribution in [2.24, 2.45) is 0 Å². The molecule has 0 atom stereocenters. The topological polar surface area (TPSA) is 67.2 Å². The van der Waals surface area contributed by atoms with Crippen LogP contribution in [0.4, 0.5) is 0 Å². The van der Waals surface area contributed by atoms with Crippen molar-refractivity contribution >= 4 is 39.2 Å². The number of piperazine rings is 1. The van der Waals surface area contributed by atoms with Gasteiger partial charge in [0.2, 0.25) is 6.79 Å². The van der Waals surface area contributed by atoms with Gasteiger partial charge in [-0.15, -0.1) is 0 Å². The second-order valence-corrected chi connectivity index (χ2v) is 7.48. The number of carbonyl (C=O) groups excluding carboxylic acids is 1. The van der Waals surface area contributed by atoms with Gasteiger partial charge in [0, 0.05) is 32.7 Å². The number of benzene rings is 1. The smallest absolute Gasteiger partial charge is 0.293 e. The molecule has 0 spiro atoms. The lowest BCUT2D eigenvalue weighted by atomic mass is 10.1. The Hall–Kier alpha value is -2.10. The fourth-order valence-electron chi connectivity index (χ4n) is 3.08. The van der Waals surface area contributed by atoms with Crippen molar-refractivity contribution in [3.05, 3.63) is 46.3 Å². The zero-order valence-corrected chi connectivity index (χ0v) is 16.8. The Labute approximate surface area is 170 Å². The van der Waals surface area contributed by atoms with Gasteiger partial charge in [-0.25, -0.2) is 0 Å². The molecule has 2 aliphatic rings.